The lowest BCUT2D eigenvalue weighted by atomic mass is 9.93. The van der Waals surface area contributed by atoms with Gasteiger partial charge in [0.15, 0.2) is 0 Å². The molecular formula is C14H17NO5S. The van der Waals surface area contributed by atoms with E-state index in [1.54, 1.807) is 0 Å². The van der Waals surface area contributed by atoms with Gasteiger partial charge in [-0.2, -0.15) is 0 Å². The smallest absolute Gasteiger partial charge is 0.313 e. The number of fused-ring (bicyclic) bond motifs is 1. The Balaban J connectivity index is 1.86. The normalized spacial score (nSPS) is 21.3. The predicted molar refractivity (Wildman–Crippen MR) is 74.4 cm³/mol. The standard InChI is InChI=1S/C14H17NO5S/c15-21(17,18)10-3-4-13-12(7-10)11(5-6-19-13)14(16)20-8-9-1-2-9/h3-4,7,9,11H,1-2,5-6,8H2,(H2,15,17,18). The maximum absolute atomic E-state index is 12.2. The minimum atomic E-state index is -3.81. The van der Waals surface area contributed by atoms with Crippen LogP contribution in [-0.4, -0.2) is 27.6 Å². The SMILES string of the molecule is NS(=O)(=O)c1ccc2c(c1)C(C(=O)OCC1CC1)CCO2. The number of sulfonamides is 1. The number of nitrogens with two attached hydrogens (primary N) is 1. The minimum Gasteiger partial charge on any atom is -0.493 e. The van der Waals surface area contributed by atoms with Crippen LogP contribution >= 0.6 is 0 Å². The van der Waals surface area contributed by atoms with E-state index in [1.165, 1.54) is 18.2 Å². The van der Waals surface area contributed by atoms with E-state index in [0.29, 0.717) is 36.9 Å². The Kier molecular flexibility index (Phi) is 3.62. The van der Waals surface area contributed by atoms with E-state index in [1.807, 2.05) is 0 Å². The molecular weight excluding hydrogens is 294 g/mol. The first-order chi connectivity index (χ1) is 9.95. The fourth-order valence-electron chi connectivity index (χ4n) is 2.38. The summed E-state index contributed by atoms with van der Waals surface area (Å²) in [5.41, 5.74) is 0.536. The second-order valence-corrected chi connectivity index (χ2v) is 7.07. The van der Waals surface area contributed by atoms with Crippen molar-refractivity contribution in [3.05, 3.63) is 23.8 Å². The lowest BCUT2D eigenvalue weighted by molar-refractivity contribution is -0.146. The molecule has 0 aromatic heterocycles. The maximum Gasteiger partial charge on any atom is 0.313 e. The zero-order valence-electron chi connectivity index (χ0n) is 11.4. The predicted octanol–water partition coefficient (Wildman–Crippen LogP) is 1.15. The molecule has 6 nitrogen and oxygen atoms in total. The summed E-state index contributed by atoms with van der Waals surface area (Å²) < 4.78 is 33.7. The minimum absolute atomic E-state index is 0.0215. The zero-order valence-corrected chi connectivity index (χ0v) is 12.3. The van der Waals surface area contributed by atoms with E-state index in [0.717, 1.165) is 12.8 Å². The van der Waals surface area contributed by atoms with E-state index in [-0.39, 0.29) is 10.9 Å². The summed E-state index contributed by atoms with van der Waals surface area (Å²) in [4.78, 5) is 12.2. The van der Waals surface area contributed by atoms with Crippen molar-refractivity contribution >= 4 is 16.0 Å². The molecule has 1 atom stereocenters. The molecule has 1 aromatic rings. The van der Waals surface area contributed by atoms with Gasteiger partial charge in [0.2, 0.25) is 10.0 Å². The summed E-state index contributed by atoms with van der Waals surface area (Å²) >= 11 is 0. The van der Waals surface area contributed by atoms with Crippen molar-refractivity contribution in [2.45, 2.75) is 30.1 Å². The van der Waals surface area contributed by atoms with Crippen molar-refractivity contribution in [1.82, 2.24) is 0 Å². The maximum atomic E-state index is 12.2. The molecule has 0 radical (unpaired) electrons. The number of hydrogen-bond acceptors (Lipinski definition) is 5. The summed E-state index contributed by atoms with van der Waals surface area (Å²) in [5, 5.41) is 5.13. The van der Waals surface area contributed by atoms with Crippen molar-refractivity contribution in [2.75, 3.05) is 13.2 Å². The van der Waals surface area contributed by atoms with Gasteiger partial charge < -0.3 is 9.47 Å². The Bertz CT molecular complexity index is 666. The molecule has 1 aliphatic carbocycles. The summed E-state index contributed by atoms with van der Waals surface area (Å²) in [5.74, 6) is 0.193. The first-order valence-electron chi connectivity index (χ1n) is 6.91. The Morgan fingerprint density at radius 2 is 2.10 bits per heavy atom. The first-order valence-corrected chi connectivity index (χ1v) is 8.46. The highest BCUT2D eigenvalue weighted by molar-refractivity contribution is 7.89. The molecule has 21 heavy (non-hydrogen) atoms. The molecule has 0 spiro atoms. The zero-order chi connectivity index (χ0) is 15.0. The highest BCUT2D eigenvalue weighted by atomic mass is 32.2. The second kappa shape index (κ2) is 5.31. The molecule has 1 aromatic carbocycles. The van der Waals surface area contributed by atoms with Gasteiger partial charge in [0.1, 0.15) is 5.75 Å². The average Bonchev–Trinajstić information content (AvgIpc) is 3.26. The summed E-state index contributed by atoms with van der Waals surface area (Å²) in [6.45, 7) is 0.852. The van der Waals surface area contributed by atoms with Crippen LogP contribution < -0.4 is 9.88 Å². The van der Waals surface area contributed by atoms with Crippen LogP contribution in [0.3, 0.4) is 0 Å². The molecule has 0 saturated heterocycles. The van der Waals surface area contributed by atoms with Crippen LogP contribution in [0.5, 0.6) is 5.75 Å². The number of hydrogen-bond donors (Lipinski definition) is 1. The Morgan fingerprint density at radius 1 is 1.33 bits per heavy atom. The van der Waals surface area contributed by atoms with E-state index in [9.17, 15) is 13.2 Å². The lowest BCUT2D eigenvalue weighted by Gasteiger charge is -2.25. The molecule has 0 amide bonds. The number of carbonyl (C=O) groups excluding carboxylic acids is 1. The van der Waals surface area contributed by atoms with E-state index < -0.39 is 15.9 Å². The average molecular weight is 311 g/mol. The number of esters is 1. The molecule has 1 unspecified atom stereocenters. The fraction of sp³-hybridized carbons (Fsp3) is 0.500. The molecule has 1 aliphatic heterocycles. The summed E-state index contributed by atoms with van der Waals surface area (Å²) in [6, 6.07) is 4.33. The van der Waals surface area contributed by atoms with Gasteiger partial charge in [-0.15, -0.1) is 0 Å². The second-order valence-electron chi connectivity index (χ2n) is 5.51. The van der Waals surface area contributed by atoms with Crippen LogP contribution in [-0.2, 0) is 19.6 Å². The molecule has 114 valence electrons. The van der Waals surface area contributed by atoms with Gasteiger partial charge in [-0.05, 0) is 43.4 Å². The fourth-order valence-corrected chi connectivity index (χ4v) is 2.93. The van der Waals surface area contributed by atoms with Crippen molar-refractivity contribution in [2.24, 2.45) is 11.1 Å². The van der Waals surface area contributed by atoms with Crippen LogP contribution in [0.15, 0.2) is 23.1 Å². The Labute approximate surface area is 123 Å². The van der Waals surface area contributed by atoms with Crippen LogP contribution in [0.1, 0.15) is 30.7 Å². The third-order valence-electron chi connectivity index (χ3n) is 3.79. The molecule has 2 N–H and O–H groups in total. The molecule has 0 bridgehead atoms. The number of primary sulfonamides is 1. The van der Waals surface area contributed by atoms with Gasteiger partial charge in [0, 0.05) is 5.56 Å². The van der Waals surface area contributed by atoms with Crippen LogP contribution in [0, 0.1) is 5.92 Å². The molecule has 1 heterocycles. The van der Waals surface area contributed by atoms with E-state index in [2.05, 4.69) is 0 Å². The first kappa shape index (κ1) is 14.3. The Hall–Kier alpha value is -1.60. The summed E-state index contributed by atoms with van der Waals surface area (Å²) in [7, 11) is -3.81. The number of ether oxygens (including phenoxy) is 2. The molecule has 2 aliphatic rings. The molecule has 7 heteroatoms. The number of carbonyl (C=O) groups is 1. The number of rotatable bonds is 4. The largest absolute Gasteiger partial charge is 0.493 e. The van der Waals surface area contributed by atoms with Crippen molar-refractivity contribution in [3.8, 4) is 5.75 Å². The van der Waals surface area contributed by atoms with Crippen molar-refractivity contribution in [1.29, 1.82) is 0 Å². The third kappa shape index (κ3) is 3.19. The molecule has 3 rings (SSSR count). The highest BCUT2D eigenvalue weighted by Gasteiger charge is 2.32. The van der Waals surface area contributed by atoms with E-state index >= 15 is 0 Å². The highest BCUT2D eigenvalue weighted by Crippen LogP contribution is 2.36. The van der Waals surface area contributed by atoms with Crippen molar-refractivity contribution in [3.63, 3.8) is 0 Å². The van der Waals surface area contributed by atoms with Crippen LogP contribution in [0.4, 0.5) is 0 Å². The quantitative estimate of drug-likeness (QED) is 0.842. The number of benzene rings is 1. The van der Waals surface area contributed by atoms with E-state index in [4.69, 9.17) is 14.6 Å². The van der Waals surface area contributed by atoms with Gasteiger partial charge in [-0.25, -0.2) is 13.6 Å². The lowest BCUT2D eigenvalue weighted by Crippen LogP contribution is -2.24. The molecule has 1 fully saturated rings. The summed E-state index contributed by atoms with van der Waals surface area (Å²) in [6.07, 6.45) is 2.69. The third-order valence-corrected chi connectivity index (χ3v) is 4.70. The van der Waals surface area contributed by atoms with Gasteiger partial charge in [-0.1, -0.05) is 0 Å². The van der Waals surface area contributed by atoms with Gasteiger partial charge >= 0.3 is 5.97 Å². The van der Waals surface area contributed by atoms with Gasteiger partial charge in [-0.3, -0.25) is 4.79 Å². The van der Waals surface area contributed by atoms with Crippen molar-refractivity contribution < 1.29 is 22.7 Å². The monoisotopic (exact) mass is 311 g/mol. The Morgan fingerprint density at radius 3 is 2.76 bits per heavy atom. The molecule has 1 saturated carbocycles. The topological polar surface area (TPSA) is 95.7 Å². The van der Waals surface area contributed by atoms with Crippen LogP contribution in [0.2, 0.25) is 0 Å². The van der Waals surface area contributed by atoms with Crippen LogP contribution in [0.25, 0.3) is 0 Å². The van der Waals surface area contributed by atoms with Gasteiger partial charge in [0.05, 0.1) is 24.0 Å². The van der Waals surface area contributed by atoms with Gasteiger partial charge in [0.25, 0.3) is 0 Å².